The molecule has 2 nitrogen and oxygen atoms in total. The molecule has 13 heavy (non-hydrogen) atoms. The fourth-order valence-corrected chi connectivity index (χ4v) is 0.347. The highest BCUT2D eigenvalue weighted by Gasteiger charge is 1.95. The Morgan fingerprint density at radius 1 is 1.54 bits per heavy atom. The van der Waals surface area contributed by atoms with Gasteiger partial charge in [-0.15, -0.1) is 39.8 Å². The molecule has 1 N–H and O–H groups in total. The van der Waals surface area contributed by atoms with Crippen molar-refractivity contribution < 1.29 is 9.90 Å². The lowest BCUT2D eigenvalue weighted by atomic mass is 10.2. The fourth-order valence-electron chi connectivity index (χ4n) is 0.347. The number of carbonyl (C=O) groups is 1. The molecule has 0 aliphatic heterocycles. The van der Waals surface area contributed by atoms with Crippen LogP contribution in [0.3, 0.4) is 0 Å². The Labute approximate surface area is 93.5 Å². The lowest BCUT2D eigenvalue weighted by Gasteiger charge is -1.87. The highest BCUT2D eigenvalue weighted by Crippen LogP contribution is 1.97. The van der Waals surface area contributed by atoms with Crippen molar-refractivity contribution in [3.05, 3.63) is 24.3 Å². The molecule has 0 amide bonds. The van der Waals surface area contributed by atoms with E-state index < -0.39 is 12.7 Å². The van der Waals surface area contributed by atoms with E-state index in [2.05, 4.69) is 6.58 Å². The van der Waals surface area contributed by atoms with Gasteiger partial charge in [0.2, 0.25) is 0 Å². The van der Waals surface area contributed by atoms with Crippen LogP contribution in [0.5, 0.6) is 0 Å². The molecule has 0 atom stereocenters. The minimum atomic E-state index is -1.72. The number of allylic oxidation sites excluding steroid dienone is 2. The van der Waals surface area contributed by atoms with E-state index >= 15 is 0 Å². The van der Waals surface area contributed by atoms with Gasteiger partial charge in [0.25, 0.3) is 0 Å². The second kappa shape index (κ2) is 10.1. The van der Waals surface area contributed by atoms with Crippen molar-refractivity contribution in [2.45, 2.75) is 13.3 Å². The number of aliphatic carboxylic acids is 1. The van der Waals surface area contributed by atoms with Crippen molar-refractivity contribution in [1.29, 1.82) is 0 Å². The van der Waals surface area contributed by atoms with E-state index in [4.69, 9.17) is 38.3 Å². The largest absolute Gasteiger partial charge is 0.478 e. The summed E-state index contributed by atoms with van der Waals surface area (Å²) in [6.45, 7) is 3.29. The average Bonchev–Trinajstić information content (AvgIpc) is 1.98. The minimum absolute atomic E-state index is 0.370. The van der Waals surface area contributed by atoms with Crippen molar-refractivity contribution in [3.63, 3.8) is 0 Å². The van der Waals surface area contributed by atoms with Crippen LogP contribution in [0, 0.1) is 0 Å². The molecule has 0 bridgehead atoms. The number of hydrogen-bond acceptors (Lipinski definition) is 1. The van der Waals surface area contributed by atoms with Crippen molar-refractivity contribution >= 4 is 45.9 Å². The van der Waals surface area contributed by atoms with Crippen molar-refractivity contribution in [2.24, 2.45) is 0 Å². The molecule has 0 radical (unpaired) electrons. The number of hydrogen-bond donors (Lipinski definition) is 1. The van der Waals surface area contributed by atoms with Crippen LogP contribution in [0.15, 0.2) is 24.3 Å². The second-order valence-corrected chi connectivity index (χ2v) is 8.40. The van der Waals surface area contributed by atoms with E-state index in [0.29, 0.717) is 12.0 Å². The van der Waals surface area contributed by atoms with Gasteiger partial charge in [-0.2, -0.15) is 0 Å². The van der Waals surface area contributed by atoms with Gasteiger partial charge in [-0.25, -0.2) is 4.79 Å². The zero-order chi connectivity index (χ0) is 10.9. The van der Waals surface area contributed by atoms with Gasteiger partial charge in [-0.05, 0) is 13.3 Å². The quantitative estimate of drug-likeness (QED) is 0.367. The first kappa shape index (κ1) is 15.5. The Kier molecular flexibility index (Phi) is 12.1. The van der Waals surface area contributed by atoms with E-state index in [-0.39, 0.29) is 0 Å². The Morgan fingerprint density at radius 3 is 2.15 bits per heavy atom. The van der Waals surface area contributed by atoms with Gasteiger partial charge in [-0.1, -0.05) is 12.2 Å². The van der Waals surface area contributed by atoms with Crippen molar-refractivity contribution in [1.82, 2.24) is 0 Å². The zero-order valence-corrected chi connectivity index (χ0v) is 10.6. The van der Waals surface area contributed by atoms with Gasteiger partial charge < -0.3 is 5.11 Å². The van der Waals surface area contributed by atoms with E-state index in [9.17, 15) is 4.79 Å². The predicted octanol–water partition coefficient (Wildman–Crippen LogP) is 3.01. The summed E-state index contributed by atoms with van der Waals surface area (Å²) in [7, 11) is 0. The SMILES string of the molecule is C=CC/C=C(\C)C(=O)O.Cl[SiH](Cl)Cl. The van der Waals surface area contributed by atoms with Crippen LogP contribution in [0.4, 0.5) is 0 Å². The van der Waals surface area contributed by atoms with Gasteiger partial charge in [0.05, 0.1) is 0 Å². The third kappa shape index (κ3) is 18.8. The van der Waals surface area contributed by atoms with Crippen LogP contribution in [-0.2, 0) is 4.79 Å². The molecule has 0 aliphatic rings. The highest BCUT2D eigenvalue weighted by atomic mass is 35.8. The second-order valence-electron chi connectivity index (χ2n) is 1.96. The fraction of sp³-hybridized carbons (Fsp3) is 0.286. The number of carboxylic acids is 1. The van der Waals surface area contributed by atoms with Gasteiger partial charge in [0.15, 0.2) is 0 Å². The van der Waals surface area contributed by atoms with Crippen LogP contribution >= 0.6 is 33.2 Å². The van der Waals surface area contributed by atoms with E-state index in [1.54, 1.807) is 19.1 Å². The maximum Gasteiger partial charge on any atom is 0.330 e. The average molecular weight is 262 g/mol. The van der Waals surface area contributed by atoms with Crippen molar-refractivity contribution in [3.8, 4) is 0 Å². The first-order chi connectivity index (χ1) is 5.91. The van der Waals surface area contributed by atoms with Crippen LogP contribution in [-0.4, -0.2) is 17.8 Å². The Balaban J connectivity index is 0. The van der Waals surface area contributed by atoms with Gasteiger partial charge >= 0.3 is 12.7 Å². The third-order valence-corrected chi connectivity index (χ3v) is 0.928. The summed E-state index contributed by atoms with van der Waals surface area (Å²) in [4.78, 5) is 10.1. The molecule has 0 aromatic carbocycles. The molecule has 0 heterocycles. The predicted molar refractivity (Wildman–Crippen MR) is 60.9 cm³/mol. The summed E-state index contributed by atoms with van der Waals surface area (Å²) in [5.41, 5.74) is 0.370. The molecule has 76 valence electrons. The standard InChI is InChI=1S/C7H10O2.Cl3HSi/c1-3-4-5-6(2)7(8)9;1-4(2)3/h3,5H,1,4H2,2H3,(H,8,9);4H/b6-5+;. The zero-order valence-electron chi connectivity index (χ0n) is 7.14. The van der Waals surface area contributed by atoms with Gasteiger partial charge in [-0.3, -0.25) is 0 Å². The Hall–Kier alpha value is 0.0369. The molecular weight excluding hydrogens is 251 g/mol. The topological polar surface area (TPSA) is 37.3 Å². The molecule has 0 rings (SSSR count). The van der Waals surface area contributed by atoms with Gasteiger partial charge in [0.1, 0.15) is 0 Å². The molecular formula is C7H11Cl3O2Si. The first-order valence-electron chi connectivity index (χ1n) is 3.35. The molecule has 0 saturated heterocycles. The maximum atomic E-state index is 10.1. The first-order valence-corrected chi connectivity index (χ1v) is 8.58. The van der Waals surface area contributed by atoms with Crippen LogP contribution < -0.4 is 0 Å². The highest BCUT2D eigenvalue weighted by molar-refractivity contribution is 7.54. The lowest BCUT2D eigenvalue weighted by molar-refractivity contribution is -0.132. The number of carboxylic acid groups (broad SMARTS) is 1. The summed E-state index contributed by atoms with van der Waals surface area (Å²) >= 11 is 14.8. The van der Waals surface area contributed by atoms with E-state index in [1.165, 1.54) is 0 Å². The Morgan fingerprint density at radius 2 is 1.92 bits per heavy atom. The molecule has 0 aromatic rings. The molecule has 0 aromatic heterocycles. The maximum absolute atomic E-state index is 10.1. The minimum Gasteiger partial charge on any atom is -0.478 e. The summed E-state index contributed by atoms with van der Waals surface area (Å²) in [5.74, 6) is -0.864. The number of rotatable bonds is 3. The number of halogens is 3. The summed E-state index contributed by atoms with van der Waals surface area (Å²) in [6.07, 6.45) is 3.90. The van der Waals surface area contributed by atoms with E-state index in [0.717, 1.165) is 0 Å². The summed E-state index contributed by atoms with van der Waals surface area (Å²) in [5, 5.41) is 8.31. The lowest BCUT2D eigenvalue weighted by Crippen LogP contribution is -1.94. The molecule has 0 spiro atoms. The van der Waals surface area contributed by atoms with Crippen LogP contribution in [0.1, 0.15) is 13.3 Å². The summed E-state index contributed by atoms with van der Waals surface area (Å²) in [6, 6.07) is 0. The normalized spacial score (nSPS) is 10.4. The monoisotopic (exact) mass is 260 g/mol. The van der Waals surface area contributed by atoms with Crippen LogP contribution in [0.2, 0.25) is 0 Å². The van der Waals surface area contributed by atoms with E-state index in [1.807, 2.05) is 0 Å². The molecule has 0 aliphatic carbocycles. The third-order valence-electron chi connectivity index (χ3n) is 0.928. The summed E-state index contributed by atoms with van der Waals surface area (Å²) < 4.78 is 0. The molecule has 0 fully saturated rings. The Bertz CT molecular complexity index is 189. The van der Waals surface area contributed by atoms with Gasteiger partial charge in [0, 0.05) is 5.57 Å². The van der Waals surface area contributed by atoms with Crippen LogP contribution in [0.25, 0.3) is 0 Å². The molecule has 0 unspecified atom stereocenters. The molecule has 0 saturated carbocycles. The smallest absolute Gasteiger partial charge is 0.330 e. The molecule has 6 heteroatoms. The van der Waals surface area contributed by atoms with Crippen molar-refractivity contribution in [2.75, 3.05) is 0 Å².